The molecule has 0 fully saturated rings. The summed E-state index contributed by atoms with van der Waals surface area (Å²) in [6.07, 6.45) is 0. The molecule has 0 aliphatic carbocycles. The van der Waals surface area contributed by atoms with Crippen LogP contribution in [-0.2, 0) is 0 Å². The minimum atomic E-state index is 1.09. The largest absolute Gasteiger partial charge is 0.356 e. The number of hydrogen-bond acceptors (Lipinski definition) is 2. The molecule has 0 amide bonds. The zero-order valence-electron chi connectivity index (χ0n) is 16.6. The Morgan fingerprint density at radius 3 is 1.57 bits per heavy atom. The van der Waals surface area contributed by atoms with Gasteiger partial charge in [0.15, 0.2) is 0 Å². The fourth-order valence-corrected chi connectivity index (χ4v) is 3.74. The molecule has 0 saturated carbocycles. The summed E-state index contributed by atoms with van der Waals surface area (Å²) in [6.45, 7) is 0. The Balaban J connectivity index is 1.53. The molecule has 30 heavy (non-hydrogen) atoms. The highest BCUT2D eigenvalue weighted by molar-refractivity contribution is 5.91. The van der Waals surface area contributed by atoms with Crippen LogP contribution in [-0.4, -0.2) is 0 Å². The van der Waals surface area contributed by atoms with E-state index in [0.717, 1.165) is 28.4 Å². The van der Waals surface area contributed by atoms with Gasteiger partial charge in [-0.3, -0.25) is 0 Å². The van der Waals surface area contributed by atoms with Crippen LogP contribution in [0.25, 0.3) is 10.8 Å². The summed E-state index contributed by atoms with van der Waals surface area (Å²) >= 11 is 0. The molecule has 0 bridgehead atoms. The Hall–Kier alpha value is -4.04. The number of rotatable bonds is 5. The highest BCUT2D eigenvalue weighted by Gasteiger charge is 2.12. The first-order valence-corrected chi connectivity index (χ1v) is 10.1. The van der Waals surface area contributed by atoms with Crippen LogP contribution >= 0.6 is 0 Å². The maximum atomic E-state index is 3.47. The first-order chi connectivity index (χ1) is 14.9. The topological polar surface area (TPSA) is 15.3 Å². The van der Waals surface area contributed by atoms with Gasteiger partial charge in [-0.05, 0) is 71.4 Å². The van der Waals surface area contributed by atoms with Gasteiger partial charge in [-0.2, -0.15) is 0 Å². The fraction of sp³-hybridized carbons (Fsp3) is 0. The molecular weight excluding hydrogens is 364 g/mol. The predicted molar refractivity (Wildman–Crippen MR) is 128 cm³/mol. The van der Waals surface area contributed by atoms with Crippen molar-refractivity contribution in [3.05, 3.63) is 127 Å². The van der Waals surface area contributed by atoms with Crippen LogP contribution in [0.15, 0.2) is 127 Å². The second-order valence-corrected chi connectivity index (χ2v) is 7.24. The van der Waals surface area contributed by atoms with Gasteiger partial charge in [-0.15, -0.1) is 0 Å². The van der Waals surface area contributed by atoms with Gasteiger partial charge in [0.2, 0.25) is 0 Å². The Morgan fingerprint density at radius 2 is 0.933 bits per heavy atom. The van der Waals surface area contributed by atoms with Crippen molar-refractivity contribution in [1.82, 2.24) is 0 Å². The molecule has 144 valence electrons. The second kappa shape index (κ2) is 8.14. The first-order valence-electron chi connectivity index (χ1n) is 10.1. The zero-order chi connectivity index (χ0) is 20.2. The quantitative estimate of drug-likeness (QED) is 0.329. The zero-order valence-corrected chi connectivity index (χ0v) is 16.6. The minimum absolute atomic E-state index is 1.09. The summed E-state index contributed by atoms with van der Waals surface area (Å²) in [5, 5.41) is 5.89. The third kappa shape index (κ3) is 3.76. The average Bonchev–Trinajstić information content (AvgIpc) is 2.81. The van der Waals surface area contributed by atoms with Gasteiger partial charge in [0.1, 0.15) is 0 Å². The van der Waals surface area contributed by atoms with Crippen molar-refractivity contribution in [1.29, 1.82) is 0 Å². The van der Waals surface area contributed by atoms with E-state index in [1.54, 1.807) is 0 Å². The fourth-order valence-electron chi connectivity index (χ4n) is 3.74. The van der Waals surface area contributed by atoms with E-state index in [-0.39, 0.29) is 0 Å². The van der Waals surface area contributed by atoms with Crippen LogP contribution in [0.5, 0.6) is 0 Å². The van der Waals surface area contributed by atoms with E-state index in [0.29, 0.717) is 0 Å². The van der Waals surface area contributed by atoms with Gasteiger partial charge in [-0.1, -0.05) is 66.7 Å². The van der Waals surface area contributed by atoms with E-state index in [4.69, 9.17) is 0 Å². The van der Waals surface area contributed by atoms with Gasteiger partial charge in [0.05, 0.1) is 0 Å². The van der Waals surface area contributed by atoms with Gasteiger partial charge in [-0.25, -0.2) is 0 Å². The maximum Gasteiger partial charge on any atom is 0.0468 e. The van der Waals surface area contributed by atoms with Crippen molar-refractivity contribution in [2.75, 3.05) is 10.2 Å². The normalized spacial score (nSPS) is 10.7. The molecular formula is C28H22N2. The van der Waals surface area contributed by atoms with Crippen molar-refractivity contribution in [2.24, 2.45) is 0 Å². The van der Waals surface area contributed by atoms with Crippen molar-refractivity contribution in [2.45, 2.75) is 0 Å². The molecule has 0 atom stereocenters. The van der Waals surface area contributed by atoms with Gasteiger partial charge >= 0.3 is 0 Å². The van der Waals surface area contributed by atoms with E-state index in [9.17, 15) is 0 Å². The molecule has 0 radical (unpaired) electrons. The molecule has 2 nitrogen and oxygen atoms in total. The number of para-hydroxylation sites is 3. The predicted octanol–water partition coefficient (Wildman–Crippen LogP) is 8.05. The molecule has 1 N–H and O–H groups in total. The Morgan fingerprint density at radius 1 is 0.400 bits per heavy atom. The number of fused-ring (bicyclic) bond motifs is 1. The molecule has 0 spiro atoms. The Kier molecular flexibility index (Phi) is 4.89. The van der Waals surface area contributed by atoms with Crippen LogP contribution in [0.4, 0.5) is 28.4 Å². The van der Waals surface area contributed by atoms with Gasteiger partial charge in [0.25, 0.3) is 0 Å². The average molecular weight is 386 g/mol. The van der Waals surface area contributed by atoms with E-state index in [1.807, 2.05) is 30.3 Å². The first kappa shape index (κ1) is 18.0. The molecule has 0 saturated heterocycles. The molecule has 0 aromatic heterocycles. The van der Waals surface area contributed by atoms with E-state index < -0.39 is 0 Å². The number of benzene rings is 5. The number of nitrogens with zero attached hydrogens (tertiary/aromatic N) is 1. The molecule has 2 heteroatoms. The second-order valence-electron chi connectivity index (χ2n) is 7.24. The minimum Gasteiger partial charge on any atom is -0.356 e. The molecule has 5 rings (SSSR count). The number of nitrogens with one attached hydrogen (secondary N) is 1. The lowest BCUT2D eigenvalue weighted by Crippen LogP contribution is -2.09. The van der Waals surface area contributed by atoms with E-state index in [1.165, 1.54) is 10.8 Å². The summed E-state index contributed by atoms with van der Waals surface area (Å²) < 4.78 is 0. The standard InChI is InChI=1S/C28H22N2/c1-4-10-24(11-5-1)29-25-18-16-23-21-28(19-17-22(23)20-25)30(26-12-6-2-7-13-26)27-14-8-3-9-15-27/h1-21,29H. The lowest BCUT2D eigenvalue weighted by molar-refractivity contribution is 1.29. The van der Waals surface area contributed by atoms with Crippen molar-refractivity contribution < 1.29 is 0 Å². The monoisotopic (exact) mass is 386 g/mol. The van der Waals surface area contributed by atoms with Gasteiger partial charge < -0.3 is 10.2 Å². The van der Waals surface area contributed by atoms with Crippen molar-refractivity contribution in [3.63, 3.8) is 0 Å². The Bertz CT molecular complexity index is 1210. The van der Waals surface area contributed by atoms with E-state index >= 15 is 0 Å². The Labute approximate surface area is 177 Å². The third-order valence-corrected chi connectivity index (χ3v) is 5.17. The number of anilines is 5. The molecule has 0 heterocycles. The SMILES string of the molecule is c1ccc(Nc2ccc3cc(N(c4ccccc4)c4ccccc4)ccc3c2)cc1. The highest BCUT2D eigenvalue weighted by Crippen LogP contribution is 2.36. The van der Waals surface area contributed by atoms with Crippen LogP contribution in [0, 0.1) is 0 Å². The molecule has 0 aliphatic rings. The maximum absolute atomic E-state index is 3.47. The smallest absolute Gasteiger partial charge is 0.0468 e. The van der Waals surface area contributed by atoms with Gasteiger partial charge in [0, 0.05) is 28.4 Å². The lowest BCUT2D eigenvalue weighted by atomic mass is 10.1. The summed E-state index contributed by atoms with van der Waals surface area (Å²) in [7, 11) is 0. The molecule has 5 aromatic rings. The summed E-state index contributed by atoms with van der Waals surface area (Å²) in [5.41, 5.74) is 5.61. The molecule has 0 aliphatic heterocycles. The third-order valence-electron chi connectivity index (χ3n) is 5.17. The summed E-state index contributed by atoms with van der Waals surface area (Å²) in [4.78, 5) is 2.29. The molecule has 0 unspecified atom stereocenters. The van der Waals surface area contributed by atoms with Crippen LogP contribution in [0.2, 0.25) is 0 Å². The van der Waals surface area contributed by atoms with Crippen molar-refractivity contribution in [3.8, 4) is 0 Å². The summed E-state index contributed by atoms with van der Waals surface area (Å²) in [5.74, 6) is 0. The highest BCUT2D eigenvalue weighted by atomic mass is 15.1. The van der Waals surface area contributed by atoms with Crippen molar-refractivity contribution >= 4 is 39.2 Å². The van der Waals surface area contributed by atoms with Crippen LogP contribution in [0.3, 0.4) is 0 Å². The molecule has 5 aromatic carbocycles. The lowest BCUT2D eigenvalue weighted by Gasteiger charge is -2.25. The summed E-state index contributed by atoms with van der Waals surface area (Å²) in [6, 6.07) is 44.4. The number of hydrogen-bond donors (Lipinski definition) is 1. The van der Waals surface area contributed by atoms with Crippen LogP contribution in [0.1, 0.15) is 0 Å². The van der Waals surface area contributed by atoms with E-state index in [2.05, 4.69) is 107 Å². The van der Waals surface area contributed by atoms with Crippen LogP contribution < -0.4 is 10.2 Å².